The third-order valence-corrected chi connectivity index (χ3v) is 11.7. The zero-order valence-corrected chi connectivity index (χ0v) is 25.6. The van der Waals surface area contributed by atoms with E-state index in [1.54, 1.807) is 35.5 Å². The lowest BCUT2D eigenvalue weighted by Crippen LogP contribution is -2.48. The summed E-state index contributed by atoms with van der Waals surface area (Å²) in [4.78, 5) is 2.56. The van der Waals surface area contributed by atoms with Crippen molar-refractivity contribution in [3.8, 4) is 28.7 Å². The van der Waals surface area contributed by atoms with Crippen LogP contribution in [0.1, 0.15) is 50.2 Å². The molecule has 0 spiro atoms. The molecule has 0 amide bonds. The highest BCUT2D eigenvalue weighted by Gasteiger charge is 2.43. The van der Waals surface area contributed by atoms with Crippen molar-refractivity contribution in [2.45, 2.75) is 54.6 Å². The first-order valence-electron chi connectivity index (χ1n) is 13.4. The molecule has 6 nitrogen and oxygen atoms in total. The van der Waals surface area contributed by atoms with Crippen molar-refractivity contribution in [1.82, 2.24) is 4.90 Å². The molecule has 2 aromatic rings. The Bertz CT molecular complexity index is 1060. The maximum Gasteiger partial charge on any atom is 0.203 e. The molecule has 1 unspecified atom stereocenters. The molecular weight excluding hydrogens is 518 g/mol. The molecule has 1 aliphatic carbocycles. The molecular formula is C30H43NO5S2. The van der Waals surface area contributed by atoms with Crippen LogP contribution in [0, 0.1) is 0 Å². The minimum atomic E-state index is -0.0745. The maximum absolute atomic E-state index is 5.73. The van der Waals surface area contributed by atoms with E-state index in [0.29, 0.717) is 11.8 Å². The van der Waals surface area contributed by atoms with Crippen LogP contribution in [0.2, 0.25) is 0 Å². The number of nitrogens with zero attached hydrogens (tertiary/aromatic N) is 1. The molecule has 2 fully saturated rings. The SMILES string of the molecule is COc1ccc(C2(CN(C)C(C)CC3(c4cc(OC)c(OC)c(OC)c4)SCCCS3)CCC2)cc1OC. The molecule has 4 rings (SSSR count). The topological polar surface area (TPSA) is 49.4 Å². The largest absolute Gasteiger partial charge is 0.493 e. The number of methoxy groups -OCH3 is 5. The summed E-state index contributed by atoms with van der Waals surface area (Å²) in [6.45, 7) is 3.39. The van der Waals surface area contributed by atoms with E-state index in [-0.39, 0.29) is 9.49 Å². The van der Waals surface area contributed by atoms with Gasteiger partial charge in [-0.2, -0.15) is 0 Å². The first-order valence-corrected chi connectivity index (χ1v) is 15.3. The third kappa shape index (κ3) is 5.68. The van der Waals surface area contributed by atoms with Crippen LogP contribution >= 0.6 is 23.5 Å². The predicted octanol–water partition coefficient (Wildman–Crippen LogP) is 6.58. The van der Waals surface area contributed by atoms with Gasteiger partial charge in [0.1, 0.15) is 0 Å². The van der Waals surface area contributed by atoms with Gasteiger partial charge in [0.25, 0.3) is 0 Å². The summed E-state index contributed by atoms with van der Waals surface area (Å²) in [5.74, 6) is 5.97. The van der Waals surface area contributed by atoms with Crippen molar-refractivity contribution in [2.75, 3.05) is 60.6 Å². The van der Waals surface area contributed by atoms with Crippen LogP contribution < -0.4 is 23.7 Å². The van der Waals surface area contributed by atoms with Crippen LogP contribution in [-0.2, 0) is 9.49 Å². The van der Waals surface area contributed by atoms with Gasteiger partial charge in [-0.3, -0.25) is 0 Å². The molecule has 1 aliphatic heterocycles. The Balaban J connectivity index is 1.59. The molecule has 1 heterocycles. The van der Waals surface area contributed by atoms with Crippen LogP contribution in [0.5, 0.6) is 28.7 Å². The van der Waals surface area contributed by atoms with Crippen molar-refractivity contribution < 1.29 is 23.7 Å². The molecule has 38 heavy (non-hydrogen) atoms. The highest BCUT2D eigenvalue weighted by Crippen LogP contribution is 2.56. The highest BCUT2D eigenvalue weighted by atomic mass is 32.2. The van der Waals surface area contributed by atoms with E-state index < -0.39 is 0 Å². The number of benzene rings is 2. The van der Waals surface area contributed by atoms with Gasteiger partial charge in [-0.25, -0.2) is 0 Å². The van der Waals surface area contributed by atoms with E-state index in [9.17, 15) is 0 Å². The quantitative estimate of drug-likeness (QED) is 0.288. The summed E-state index contributed by atoms with van der Waals surface area (Å²) < 4.78 is 28.1. The average Bonchev–Trinajstić information content (AvgIpc) is 2.93. The zero-order chi connectivity index (χ0) is 27.3. The van der Waals surface area contributed by atoms with E-state index in [2.05, 4.69) is 66.7 Å². The van der Waals surface area contributed by atoms with Crippen LogP contribution in [0.4, 0.5) is 0 Å². The Morgan fingerprint density at radius 3 is 1.84 bits per heavy atom. The van der Waals surface area contributed by atoms with Gasteiger partial charge in [0.15, 0.2) is 23.0 Å². The van der Waals surface area contributed by atoms with Gasteiger partial charge in [-0.05, 0) is 86.6 Å². The lowest BCUT2D eigenvalue weighted by molar-refractivity contribution is 0.127. The fourth-order valence-electron chi connectivity index (χ4n) is 5.76. The summed E-state index contributed by atoms with van der Waals surface area (Å²) in [6.07, 6.45) is 5.91. The van der Waals surface area contributed by atoms with Crippen molar-refractivity contribution in [2.24, 2.45) is 0 Å². The smallest absolute Gasteiger partial charge is 0.203 e. The maximum atomic E-state index is 5.73. The number of hydrogen-bond donors (Lipinski definition) is 0. The van der Waals surface area contributed by atoms with E-state index >= 15 is 0 Å². The lowest BCUT2D eigenvalue weighted by Gasteiger charge is -2.47. The molecule has 210 valence electrons. The molecule has 1 atom stereocenters. The normalized spacial score (nSPS) is 18.8. The first-order chi connectivity index (χ1) is 18.3. The molecule has 0 bridgehead atoms. The Kier molecular flexibility index (Phi) is 9.58. The summed E-state index contributed by atoms with van der Waals surface area (Å²) in [5, 5.41) is 0. The van der Waals surface area contributed by atoms with Gasteiger partial charge in [0.2, 0.25) is 5.75 Å². The summed E-state index contributed by atoms with van der Waals surface area (Å²) in [5.41, 5.74) is 2.73. The second-order valence-corrected chi connectivity index (χ2v) is 13.4. The number of ether oxygens (including phenoxy) is 5. The van der Waals surface area contributed by atoms with Gasteiger partial charge >= 0.3 is 0 Å². The minimum absolute atomic E-state index is 0.0745. The van der Waals surface area contributed by atoms with Crippen LogP contribution in [0.3, 0.4) is 0 Å². The first kappa shape index (κ1) is 29.1. The van der Waals surface area contributed by atoms with Gasteiger partial charge in [0, 0.05) is 18.0 Å². The summed E-state index contributed by atoms with van der Waals surface area (Å²) >= 11 is 4.12. The van der Waals surface area contributed by atoms with E-state index in [0.717, 1.165) is 47.5 Å². The fraction of sp³-hybridized carbons (Fsp3) is 0.600. The van der Waals surface area contributed by atoms with E-state index in [4.69, 9.17) is 23.7 Å². The predicted molar refractivity (Wildman–Crippen MR) is 159 cm³/mol. The van der Waals surface area contributed by atoms with Gasteiger partial charge in [-0.1, -0.05) is 12.5 Å². The number of hydrogen-bond acceptors (Lipinski definition) is 8. The van der Waals surface area contributed by atoms with E-state index in [1.165, 1.54) is 36.8 Å². The molecule has 1 saturated heterocycles. The summed E-state index contributed by atoms with van der Waals surface area (Å²) in [6, 6.07) is 11.1. The van der Waals surface area contributed by atoms with Gasteiger partial charge in [0.05, 0.1) is 39.6 Å². The van der Waals surface area contributed by atoms with Gasteiger partial charge in [-0.15, -0.1) is 23.5 Å². The van der Waals surface area contributed by atoms with Crippen LogP contribution in [0.25, 0.3) is 0 Å². The van der Waals surface area contributed by atoms with Crippen LogP contribution in [-0.4, -0.2) is 71.6 Å². The molecule has 2 aromatic carbocycles. The lowest BCUT2D eigenvalue weighted by atomic mass is 9.64. The fourth-order valence-corrected chi connectivity index (χ4v) is 9.30. The van der Waals surface area contributed by atoms with Crippen molar-refractivity contribution in [1.29, 1.82) is 0 Å². The van der Waals surface area contributed by atoms with Gasteiger partial charge < -0.3 is 28.6 Å². The Morgan fingerprint density at radius 2 is 1.34 bits per heavy atom. The van der Waals surface area contributed by atoms with E-state index in [1.807, 2.05) is 6.07 Å². The molecule has 0 N–H and O–H groups in total. The highest BCUT2D eigenvalue weighted by molar-refractivity contribution is 8.18. The minimum Gasteiger partial charge on any atom is -0.493 e. The second-order valence-electron chi connectivity index (χ2n) is 10.4. The Hall–Kier alpha value is -1.90. The second kappa shape index (κ2) is 12.5. The monoisotopic (exact) mass is 561 g/mol. The molecule has 1 saturated carbocycles. The Morgan fingerprint density at radius 1 is 0.763 bits per heavy atom. The van der Waals surface area contributed by atoms with Crippen molar-refractivity contribution in [3.05, 3.63) is 41.5 Å². The van der Waals surface area contributed by atoms with Crippen LogP contribution in [0.15, 0.2) is 30.3 Å². The summed E-state index contributed by atoms with van der Waals surface area (Å²) in [7, 11) is 10.7. The number of rotatable bonds is 12. The molecule has 0 radical (unpaired) electrons. The number of likely N-dealkylation sites (N-methyl/N-ethyl adjacent to an activating group) is 1. The Labute approximate surface area is 237 Å². The molecule has 0 aromatic heterocycles. The standard InChI is InChI=1S/C30H43NO5S2/c1-21(31(2)20-29(12-8-13-29)22-10-11-24(32-3)25(16-22)33-4)19-30(37-14-9-15-38-30)23-17-26(34-5)28(36-7)27(18-23)35-6/h10-11,16-18,21H,8-9,12-15,19-20H2,1-7H3. The molecule has 2 aliphatic rings. The third-order valence-electron chi connectivity index (χ3n) is 8.24. The average molecular weight is 562 g/mol. The van der Waals surface area contributed by atoms with Crippen molar-refractivity contribution >= 4 is 23.5 Å². The zero-order valence-electron chi connectivity index (χ0n) is 23.9. The molecule has 8 heteroatoms. The van der Waals surface area contributed by atoms with Crippen molar-refractivity contribution in [3.63, 3.8) is 0 Å². The number of thioether (sulfide) groups is 2.